The molecule has 20 nitrogen and oxygen atoms in total. The number of piperazine rings is 2. The molecular formula is C58H63ClF2N16O4S2. The molecule has 8 aromatic rings. The third-order valence-corrected chi connectivity index (χ3v) is 17.3. The number of aromatic nitrogens is 6. The average molecular weight is 1190 g/mol. The van der Waals surface area contributed by atoms with Crippen molar-refractivity contribution < 1.29 is 28.6 Å². The highest BCUT2D eigenvalue weighted by atomic mass is 35.5. The number of aliphatic hydroxyl groups is 2. The van der Waals surface area contributed by atoms with E-state index in [1.807, 2.05) is 45.3 Å². The second kappa shape index (κ2) is 25.8. The molecule has 0 radical (unpaired) electrons. The summed E-state index contributed by atoms with van der Waals surface area (Å²) in [5.74, 6) is -0.649. The number of anilines is 6. The monoisotopic (exact) mass is 1180 g/mol. The number of likely N-dealkylation sites (tertiary alicyclic amines) is 2. The van der Waals surface area contributed by atoms with Crippen LogP contribution in [-0.4, -0.2) is 183 Å². The summed E-state index contributed by atoms with van der Waals surface area (Å²) in [4.78, 5) is 47.7. The number of nitrogens with one attached hydrogen (secondary N) is 1. The molecular weight excluding hydrogens is 1120 g/mol. The first-order valence-corrected chi connectivity index (χ1v) is 29.6. The van der Waals surface area contributed by atoms with Gasteiger partial charge in [0.1, 0.15) is 50.8 Å². The number of aliphatic hydroxyl groups excluding tert-OH is 2. The number of aryl methyl sites for hydroxylation is 2. The maximum absolute atomic E-state index is 13.5. The van der Waals surface area contributed by atoms with Gasteiger partial charge in [-0.15, -0.1) is 11.6 Å². The highest BCUT2D eigenvalue weighted by molar-refractivity contribution is 7.17. The molecule has 0 saturated carbocycles. The van der Waals surface area contributed by atoms with Gasteiger partial charge >= 0.3 is 0 Å². The fraction of sp³-hybridized carbons (Fsp3) is 0.379. The lowest BCUT2D eigenvalue weighted by Gasteiger charge is -2.39. The van der Waals surface area contributed by atoms with Gasteiger partial charge in [-0.2, -0.15) is 20.7 Å². The number of rotatable bonds is 13. The van der Waals surface area contributed by atoms with E-state index in [-0.39, 0.29) is 41.5 Å². The van der Waals surface area contributed by atoms with Crippen molar-refractivity contribution in [1.82, 2.24) is 49.2 Å². The summed E-state index contributed by atoms with van der Waals surface area (Å²) in [5.41, 5.74) is 10.5. The molecule has 3 N–H and O–H groups in total. The number of pyridine rings is 2. The zero-order chi connectivity index (χ0) is 58.5. The van der Waals surface area contributed by atoms with Crippen LogP contribution in [0.1, 0.15) is 35.0 Å². The van der Waals surface area contributed by atoms with Gasteiger partial charge in [0, 0.05) is 128 Å². The standard InChI is InChI=1S/C29H31FN8O2S.C24H24FN7S.C5H8ClNO2/c1-3-23-28(34(2)29-32-27(25(15-31)41-29)19-4-6-20(30)7-5-19)24-14-21(8-9-38(24)33-23)36-12-10-35(11-13-36)18-26(40)37-16-22(39)17-37;1-3-19-23(20-14-18(8-11-32(20)29-19)31-12-9-27-10-13-31)30(2)24-28-22(21(15-26)33-24)16-4-6-17(25)7-5-16;6-1-5(9)7-2-4(8)3-7/h4-9,14,22,39H,3,10-13,16-18H2,1-2H3;4-8,11,14,27H,3,9-10,12-13H2,1-2H3;4,8H,1-3H2. The number of amides is 2. The third kappa shape index (κ3) is 12.7. The quantitative estimate of drug-likeness (QED) is 0.102. The molecule has 0 unspecified atom stereocenters. The van der Waals surface area contributed by atoms with E-state index >= 15 is 0 Å². The van der Waals surface area contributed by atoms with Crippen molar-refractivity contribution in [1.29, 1.82) is 10.5 Å². The van der Waals surface area contributed by atoms with Crippen LogP contribution in [0.5, 0.6) is 0 Å². The van der Waals surface area contributed by atoms with Gasteiger partial charge in [0.25, 0.3) is 0 Å². The van der Waals surface area contributed by atoms with Gasteiger partial charge in [-0.1, -0.05) is 36.5 Å². The Morgan fingerprint density at radius 2 is 1.08 bits per heavy atom. The van der Waals surface area contributed by atoms with Crippen molar-refractivity contribution in [3.63, 3.8) is 0 Å². The first-order valence-electron chi connectivity index (χ1n) is 27.4. The zero-order valence-electron chi connectivity index (χ0n) is 46.4. The second-order valence-electron chi connectivity index (χ2n) is 20.5. The topological polar surface area (TPSA) is 217 Å². The van der Waals surface area contributed by atoms with E-state index in [0.29, 0.717) is 69.7 Å². The number of nitriles is 2. The fourth-order valence-electron chi connectivity index (χ4n) is 10.4. The summed E-state index contributed by atoms with van der Waals surface area (Å²) in [6, 6.07) is 25.1. The van der Waals surface area contributed by atoms with Crippen molar-refractivity contribution in [3.05, 3.63) is 118 Å². The first-order chi connectivity index (χ1) is 40.2. The molecule has 0 bridgehead atoms. The number of alkyl halides is 1. The zero-order valence-corrected chi connectivity index (χ0v) is 48.8. The number of β-amino-alcohol motifs (C(OH)–C–C–N with tert-alkyl or cyclic N) is 2. The van der Waals surface area contributed by atoms with Crippen LogP contribution in [0.4, 0.5) is 41.8 Å². The van der Waals surface area contributed by atoms with Crippen LogP contribution in [-0.2, 0) is 22.4 Å². The molecule has 0 aliphatic carbocycles. The Morgan fingerprint density at radius 1 is 0.663 bits per heavy atom. The lowest BCUT2D eigenvalue weighted by Crippen LogP contribution is -2.57. The van der Waals surface area contributed by atoms with E-state index in [0.717, 1.165) is 110 Å². The van der Waals surface area contributed by atoms with Crippen molar-refractivity contribution in [2.75, 3.05) is 125 Å². The smallest absolute Gasteiger partial charge is 0.237 e. The van der Waals surface area contributed by atoms with E-state index in [2.05, 4.69) is 70.3 Å². The van der Waals surface area contributed by atoms with Crippen LogP contribution in [0.15, 0.2) is 85.2 Å². The molecule has 4 aliphatic heterocycles. The summed E-state index contributed by atoms with van der Waals surface area (Å²) in [7, 11) is 3.90. The van der Waals surface area contributed by atoms with E-state index in [4.69, 9.17) is 36.9 Å². The van der Waals surface area contributed by atoms with E-state index < -0.39 is 0 Å². The van der Waals surface area contributed by atoms with Crippen molar-refractivity contribution in [2.45, 2.75) is 38.9 Å². The SMILES string of the molecule is CCc1nn2ccc(N3CCN(CC(=O)N4CC(O)C4)CC3)cc2c1N(C)c1nc(-c2ccc(F)cc2)c(C#N)s1.CCc1nn2ccc(N3CCNCC3)cc2c1N(C)c1nc(-c2ccc(F)cc2)c(C#N)s1.O=C(CCl)N1CC(O)C1. The molecule has 4 saturated heterocycles. The van der Waals surface area contributed by atoms with Crippen LogP contribution in [0.2, 0.25) is 0 Å². The number of nitrogens with zero attached hydrogens (tertiary/aromatic N) is 15. The normalized spacial score (nSPS) is 15.7. The Bertz CT molecular complexity index is 3680. The Balaban J connectivity index is 0.000000164. The van der Waals surface area contributed by atoms with Gasteiger partial charge in [0.2, 0.25) is 11.8 Å². The third-order valence-electron chi connectivity index (χ3n) is 15.0. The van der Waals surface area contributed by atoms with E-state index in [9.17, 15) is 34.0 Å². The van der Waals surface area contributed by atoms with Gasteiger partial charge in [-0.05, 0) is 85.6 Å². The predicted octanol–water partition coefficient (Wildman–Crippen LogP) is 6.76. The van der Waals surface area contributed by atoms with Gasteiger partial charge < -0.3 is 44.9 Å². The molecule has 10 heterocycles. The number of thiazole rings is 2. The molecule has 2 amide bonds. The molecule has 0 atom stereocenters. The van der Waals surface area contributed by atoms with Crippen LogP contribution >= 0.6 is 34.3 Å². The number of carbonyl (C=O) groups is 2. The Kier molecular flexibility index (Phi) is 18.1. The highest BCUT2D eigenvalue weighted by Gasteiger charge is 2.32. The summed E-state index contributed by atoms with van der Waals surface area (Å²) < 4.78 is 30.7. The minimum atomic E-state index is -0.382. The molecule has 0 spiro atoms. The number of hydrogen-bond acceptors (Lipinski definition) is 18. The Hall–Kier alpha value is -7.81. The average Bonchev–Trinajstić information content (AvgIpc) is 4.39. The van der Waals surface area contributed by atoms with Crippen LogP contribution < -0.4 is 24.9 Å². The summed E-state index contributed by atoms with van der Waals surface area (Å²) in [6.07, 6.45) is 4.77. The maximum atomic E-state index is 13.5. The van der Waals surface area contributed by atoms with Crippen molar-refractivity contribution in [2.24, 2.45) is 0 Å². The first kappa shape index (κ1) is 58.4. The van der Waals surface area contributed by atoms with Crippen LogP contribution in [0.3, 0.4) is 0 Å². The van der Waals surface area contributed by atoms with Crippen LogP contribution in [0.25, 0.3) is 33.5 Å². The number of halogens is 3. The molecule has 2 aromatic carbocycles. The van der Waals surface area contributed by atoms with E-state index in [1.54, 1.807) is 29.2 Å². The molecule has 12 rings (SSSR count). The lowest BCUT2D eigenvalue weighted by molar-refractivity contribution is -0.142. The number of benzene rings is 2. The summed E-state index contributed by atoms with van der Waals surface area (Å²) >= 11 is 7.86. The van der Waals surface area contributed by atoms with Crippen molar-refractivity contribution in [3.8, 4) is 34.7 Å². The number of fused-ring (bicyclic) bond motifs is 2. The van der Waals surface area contributed by atoms with Gasteiger partial charge in [-0.3, -0.25) is 14.5 Å². The van der Waals surface area contributed by atoms with E-state index in [1.165, 1.54) is 57.5 Å². The molecule has 4 aliphatic rings. The molecule has 6 aromatic heterocycles. The van der Waals surface area contributed by atoms with Gasteiger partial charge in [0.15, 0.2) is 10.3 Å². The van der Waals surface area contributed by atoms with Gasteiger partial charge in [0.05, 0.1) is 52.5 Å². The van der Waals surface area contributed by atoms with Gasteiger partial charge in [-0.25, -0.2) is 27.8 Å². The largest absolute Gasteiger partial charge is 0.389 e. The molecule has 83 heavy (non-hydrogen) atoms. The fourth-order valence-corrected chi connectivity index (χ4v) is 12.3. The Labute approximate surface area is 492 Å². The van der Waals surface area contributed by atoms with Crippen molar-refractivity contribution >= 4 is 90.1 Å². The lowest BCUT2D eigenvalue weighted by atomic mass is 10.1. The Morgan fingerprint density at radius 3 is 1.48 bits per heavy atom. The number of carbonyl (C=O) groups excluding carboxylic acids is 2. The maximum Gasteiger partial charge on any atom is 0.237 e. The minimum Gasteiger partial charge on any atom is -0.389 e. The second-order valence-corrected chi connectivity index (χ2v) is 22.7. The summed E-state index contributed by atoms with van der Waals surface area (Å²) in [5, 5.41) is 52.1. The number of hydrogen-bond donors (Lipinski definition) is 3. The molecule has 432 valence electrons. The molecule has 4 fully saturated rings. The van der Waals surface area contributed by atoms with Crippen LogP contribution in [0, 0.1) is 34.3 Å². The summed E-state index contributed by atoms with van der Waals surface area (Å²) in [6.45, 7) is 13.3. The minimum absolute atomic E-state index is 0.0206. The highest BCUT2D eigenvalue weighted by Crippen LogP contribution is 2.41. The predicted molar refractivity (Wildman–Crippen MR) is 319 cm³/mol. The molecule has 25 heteroatoms.